The zero-order chi connectivity index (χ0) is 18.2. The summed E-state index contributed by atoms with van der Waals surface area (Å²) in [5.41, 5.74) is 7.67. The maximum Gasteiger partial charge on any atom is 0.308 e. The minimum atomic E-state index is -3.94. The van der Waals surface area contributed by atoms with E-state index in [9.17, 15) is 18.0 Å². The van der Waals surface area contributed by atoms with Gasteiger partial charge in [-0.2, -0.15) is 8.42 Å². The van der Waals surface area contributed by atoms with Crippen molar-refractivity contribution in [3.63, 3.8) is 0 Å². The molecule has 8 heteroatoms. The minimum Gasteiger partial charge on any atom is -0.469 e. The average Bonchev–Trinajstić information content (AvgIpc) is 2.50. The summed E-state index contributed by atoms with van der Waals surface area (Å²) in [7, 11) is -1.66. The van der Waals surface area contributed by atoms with E-state index in [2.05, 4.69) is 16.5 Å². The molecule has 0 aliphatic rings. The molecule has 2 N–H and O–H groups in total. The van der Waals surface area contributed by atoms with Crippen LogP contribution in [-0.2, 0) is 28.6 Å². The molecule has 0 fully saturated rings. The Bertz CT molecular complexity index is 577. The van der Waals surface area contributed by atoms with Gasteiger partial charge >= 0.3 is 5.97 Å². The highest BCUT2D eigenvalue weighted by atomic mass is 32.2. The van der Waals surface area contributed by atoms with Gasteiger partial charge in [0, 0.05) is 11.8 Å². The lowest BCUT2D eigenvalue weighted by Crippen LogP contribution is -2.29. The summed E-state index contributed by atoms with van der Waals surface area (Å²) in [4.78, 5) is 23.2. The Kier molecular flexibility index (Phi) is 8.82. The van der Waals surface area contributed by atoms with E-state index in [0.29, 0.717) is 6.42 Å². The van der Waals surface area contributed by atoms with Crippen LogP contribution in [0.4, 0.5) is 0 Å². The summed E-state index contributed by atoms with van der Waals surface area (Å²) in [5, 5.41) is 0. The topological polar surface area (TPSA) is 113 Å². The van der Waals surface area contributed by atoms with Crippen LogP contribution >= 0.6 is 0 Å². The third-order valence-corrected chi connectivity index (χ3v) is 5.27. The van der Waals surface area contributed by atoms with Crippen molar-refractivity contribution in [2.45, 2.75) is 33.1 Å². The van der Waals surface area contributed by atoms with Crippen LogP contribution in [-0.4, -0.2) is 34.5 Å². The molecule has 23 heavy (non-hydrogen) atoms. The quantitative estimate of drug-likeness (QED) is 0.362. The van der Waals surface area contributed by atoms with Crippen LogP contribution < -0.4 is 5.73 Å². The maximum absolute atomic E-state index is 12.0. The fourth-order valence-electron chi connectivity index (χ4n) is 2.42. The number of carbonyl (C=O) groups excluding carboxylic acids is 2. The van der Waals surface area contributed by atoms with E-state index in [0.717, 1.165) is 7.11 Å². The molecule has 0 aliphatic carbocycles. The molecule has 0 rings (SSSR count). The van der Waals surface area contributed by atoms with E-state index >= 15 is 0 Å². The standard InChI is InChI=1S/C15H25NO6S/c1-6-11(14(16)17)9-12(15(18)21-4)8-10(3)13(7-2)23(19,20)22-5/h10-12H,2,6,8-9H2,1,3-5H3,(H2,16,17). The Morgan fingerprint density at radius 2 is 1.78 bits per heavy atom. The van der Waals surface area contributed by atoms with Crippen molar-refractivity contribution in [1.29, 1.82) is 0 Å². The second-order valence-electron chi connectivity index (χ2n) is 5.26. The Labute approximate surface area is 137 Å². The van der Waals surface area contributed by atoms with E-state index in [1.807, 2.05) is 0 Å². The summed E-state index contributed by atoms with van der Waals surface area (Å²) >= 11 is 0. The number of methoxy groups -OCH3 is 1. The van der Waals surface area contributed by atoms with Crippen LogP contribution in [0.3, 0.4) is 0 Å². The monoisotopic (exact) mass is 347 g/mol. The normalized spacial score (nSPS) is 15.1. The summed E-state index contributed by atoms with van der Waals surface area (Å²) in [6, 6.07) is 0. The number of primary amides is 1. The Morgan fingerprint density at radius 1 is 1.22 bits per heavy atom. The van der Waals surface area contributed by atoms with Crippen LogP contribution in [0.15, 0.2) is 17.2 Å². The largest absolute Gasteiger partial charge is 0.469 e. The third-order valence-electron chi connectivity index (χ3n) is 3.75. The first kappa shape index (κ1) is 21.4. The van der Waals surface area contributed by atoms with Crippen molar-refractivity contribution in [3.8, 4) is 0 Å². The number of amides is 1. The molecule has 0 aliphatic heterocycles. The number of nitrogens with two attached hydrogens (primary N) is 1. The highest BCUT2D eigenvalue weighted by Gasteiger charge is 2.31. The smallest absolute Gasteiger partial charge is 0.308 e. The molecule has 3 atom stereocenters. The summed E-state index contributed by atoms with van der Waals surface area (Å²) in [6.45, 7) is 6.77. The molecule has 132 valence electrons. The predicted molar refractivity (Wildman–Crippen MR) is 85.5 cm³/mol. The number of hydrogen-bond donors (Lipinski definition) is 1. The summed E-state index contributed by atoms with van der Waals surface area (Å²) in [5.74, 6) is -2.75. The summed E-state index contributed by atoms with van der Waals surface area (Å²) in [6.07, 6.45) is 0.828. The van der Waals surface area contributed by atoms with Gasteiger partial charge in [0.25, 0.3) is 10.1 Å². The molecular formula is C15H25NO6S. The van der Waals surface area contributed by atoms with Gasteiger partial charge in [-0.1, -0.05) is 20.4 Å². The molecule has 0 saturated carbocycles. The lowest BCUT2D eigenvalue weighted by atomic mass is 9.86. The molecule has 0 aromatic carbocycles. The predicted octanol–water partition coefficient (Wildman–Crippen LogP) is 1.35. The molecular weight excluding hydrogens is 322 g/mol. The van der Waals surface area contributed by atoms with Gasteiger partial charge in [-0.05, 0) is 19.3 Å². The summed E-state index contributed by atoms with van der Waals surface area (Å²) < 4.78 is 32.9. The van der Waals surface area contributed by atoms with E-state index in [1.54, 1.807) is 13.8 Å². The molecule has 0 bridgehead atoms. The number of esters is 1. The zero-order valence-electron chi connectivity index (χ0n) is 14.0. The van der Waals surface area contributed by atoms with Crippen LogP contribution in [0.5, 0.6) is 0 Å². The molecule has 0 aromatic heterocycles. The molecule has 0 aromatic rings. The number of ether oxygens (including phenoxy) is 1. The molecule has 7 nitrogen and oxygen atoms in total. The fourth-order valence-corrected chi connectivity index (χ4v) is 3.36. The zero-order valence-corrected chi connectivity index (χ0v) is 14.8. The van der Waals surface area contributed by atoms with Crippen molar-refractivity contribution in [1.82, 2.24) is 0 Å². The van der Waals surface area contributed by atoms with Gasteiger partial charge in [0.1, 0.15) is 4.91 Å². The van der Waals surface area contributed by atoms with Crippen LogP contribution in [0.2, 0.25) is 0 Å². The Hall–Kier alpha value is -1.63. The van der Waals surface area contributed by atoms with Crippen LogP contribution in [0.1, 0.15) is 33.1 Å². The molecule has 0 spiro atoms. The van der Waals surface area contributed by atoms with Crippen molar-refractivity contribution in [3.05, 3.63) is 17.2 Å². The Balaban J connectivity index is 5.36. The average molecular weight is 347 g/mol. The fraction of sp³-hybridized carbons (Fsp3) is 0.667. The van der Waals surface area contributed by atoms with Gasteiger partial charge in [0.15, 0.2) is 0 Å². The van der Waals surface area contributed by atoms with Gasteiger partial charge in [-0.3, -0.25) is 13.8 Å². The molecule has 0 saturated heterocycles. The van der Waals surface area contributed by atoms with Crippen molar-refractivity contribution < 1.29 is 26.9 Å². The first-order valence-corrected chi connectivity index (χ1v) is 8.63. The lowest BCUT2D eigenvalue weighted by molar-refractivity contribution is -0.146. The minimum absolute atomic E-state index is 0.138. The number of hydrogen-bond acceptors (Lipinski definition) is 6. The molecule has 0 radical (unpaired) electrons. The van der Waals surface area contributed by atoms with Crippen LogP contribution in [0, 0.1) is 17.8 Å². The number of rotatable bonds is 10. The van der Waals surface area contributed by atoms with Gasteiger partial charge in [-0.25, -0.2) is 0 Å². The first-order valence-electron chi connectivity index (χ1n) is 7.22. The van der Waals surface area contributed by atoms with E-state index in [4.69, 9.17) is 10.5 Å². The van der Waals surface area contributed by atoms with E-state index in [-0.39, 0.29) is 17.7 Å². The van der Waals surface area contributed by atoms with Gasteiger partial charge in [0.2, 0.25) is 5.91 Å². The van der Waals surface area contributed by atoms with E-state index < -0.39 is 39.7 Å². The van der Waals surface area contributed by atoms with Gasteiger partial charge in [-0.15, -0.1) is 5.73 Å². The highest BCUT2D eigenvalue weighted by Crippen LogP contribution is 2.29. The second-order valence-corrected chi connectivity index (χ2v) is 6.94. The van der Waals surface area contributed by atoms with Crippen molar-refractivity contribution in [2.75, 3.05) is 14.2 Å². The third kappa shape index (κ3) is 6.17. The molecule has 0 heterocycles. The first-order chi connectivity index (χ1) is 10.6. The van der Waals surface area contributed by atoms with Crippen molar-refractivity contribution in [2.24, 2.45) is 23.5 Å². The Morgan fingerprint density at radius 3 is 2.13 bits per heavy atom. The van der Waals surface area contributed by atoms with Gasteiger partial charge < -0.3 is 10.5 Å². The second kappa shape index (κ2) is 9.50. The highest BCUT2D eigenvalue weighted by molar-refractivity contribution is 7.90. The lowest BCUT2D eigenvalue weighted by Gasteiger charge is -2.22. The SMILES string of the molecule is C=C=C(C(C)CC(CC(CC)C(N)=O)C(=O)OC)S(=O)(=O)OC. The maximum atomic E-state index is 12.0. The number of carbonyl (C=O) groups is 2. The van der Waals surface area contributed by atoms with E-state index in [1.165, 1.54) is 7.11 Å². The van der Waals surface area contributed by atoms with Crippen molar-refractivity contribution >= 4 is 22.0 Å². The van der Waals surface area contributed by atoms with Gasteiger partial charge in [0.05, 0.1) is 20.1 Å². The molecule has 3 unspecified atom stereocenters. The molecule has 1 amide bonds. The van der Waals surface area contributed by atoms with Crippen LogP contribution in [0.25, 0.3) is 0 Å². The number of allylic oxidation sites excluding steroid dienone is 1.